The monoisotopic (exact) mass is 442 g/mol. The standard InChI is InChI=1S/C21H18N2O5S2/c1-2-5-14-6-3-4-7-17(14)27-10-11-28-18-9-8-16(23(25)26)12-15(18)13-19-20(24)22-21(29)30-19/h2-4,6-9,12-13H,1,5,10-11H2,(H,22,24,29)/b19-13+. The maximum Gasteiger partial charge on any atom is 0.270 e. The van der Waals surface area contributed by atoms with Crippen molar-refractivity contribution in [1.29, 1.82) is 0 Å². The Labute approximate surface area is 182 Å². The van der Waals surface area contributed by atoms with Crippen LogP contribution < -0.4 is 14.8 Å². The van der Waals surface area contributed by atoms with Crippen molar-refractivity contribution in [3.8, 4) is 11.5 Å². The van der Waals surface area contributed by atoms with Gasteiger partial charge < -0.3 is 14.8 Å². The molecule has 9 heteroatoms. The lowest BCUT2D eigenvalue weighted by molar-refractivity contribution is -0.384. The van der Waals surface area contributed by atoms with Gasteiger partial charge in [-0.05, 0) is 30.2 Å². The van der Waals surface area contributed by atoms with Crippen LogP contribution in [0.25, 0.3) is 6.08 Å². The molecule has 3 rings (SSSR count). The Bertz CT molecular complexity index is 1040. The summed E-state index contributed by atoms with van der Waals surface area (Å²) in [5.74, 6) is 0.812. The van der Waals surface area contributed by atoms with Crippen molar-refractivity contribution in [3.05, 3.63) is 81.3 Å². The Balaban J connectivity index is 1.72. The van der Waals surface area contributed by atoms with Crippen molar-refractivity contribution < 1.29 is 19.2 Å². The van der Waals surface area contributed by atoms with E-state index in [4.69, 9.17) is 21.7 Å². The number of rotatable bonds is 9. The van der Waals surface area contributed by atoms with Crippen LogP contribution in [0, 0.1) is 10.1 Å². The fraction of sp³-hybridized carbons (Fsp3) is 0.143. The summed E-state index contributed by atoms with van der Waals surface area (Å²) in [6.45, 7) is 4.24. The highest BCUT2D eigenvalue weighted by Gasteiger charge is 2.23. The first-order chi connectivity index (χ1) is 14.5. The summed E-state index contributed by atoms with van der Waals surface area (Å²) in [5.41, 5.74) is 1.34. The second-order valence-corrected chi connectivity index (χ2v) is 7.85. The molecular weight excluding hydrogens is 424 g/mol. The number of hydrogen-bond acceptors (Lipinski definition) is 7. The second-order valence-electron chi connectivity index (χ2n) is 6.13. The van der Waals surface area contributed by atoms with Crippen molar-refractivity contribution in [2.75, 3.05) is 13.2 Å². The average molecular weight is 443 g/mol. The smallest absolute Gasteiger partial charge is 0.270 e. The van der Waals surface area contributed by atoms with E-state index in [1.165, 1.54) is 24.3 Å². The zero-order valence-electron chi connectivity index (χ0n) is 15.8. The maximum atomic E-state index is 11.9. The van der Waals surface area contributed by atoms with E-state index in [1.807, 2.05) is 24.3 Å². The Morgan fingerprint density at radius 2 is 1.90 bits per heavy atom. The lowest BCUT2D eigenvalue weighted by Gasteiger charge is -2.12. The second kappa shape index (κ2) is 10.0. The molecule has 0 saturated carbocycles. The van der Waals surface area contributed by atoms with Gasteiger partial charge in [-0.1, -0.05) is 48.3 Å². The van der Waals surface area contributed by atoms with Crippen molar-refractivity contribution >= 4 is 46.0 Å². The molecule has 0 bridgehead atoms. The zero-order valence-corrected chi connectivity index (χ0v) is 17.5. The van der Waals surface area contributed by atoms with Gasteiger partial charge in [0.05, 0.1) is 9.83 Å². The minimum Gasteiger partial charge on any atom is -0.490 e. The van der Waals surface area contributed by atoms with E-state index >= 15 is 0 Å². The summed E-state index contributed by atoms with van der Waals surface area (Å²) in [5, 5.41) is 13.6. The number of carbonyl (C=O) groups is 1. The first-order valence-corrected chi connectivity index (χ1v) is 10.2. The molecule has 1 fully saturated rings. The summed E-state index contributed by atoms with van der Waals surface area (Å²) in [6, 6.07) is 11.9. The molecule has 1 aliphatic heterocycles. The van der Waals surface area contributed by atoms with E-state index in [0.717, 1.165) is 23.1 Å². The number of para-hydroxylation sites is 1. The van der Waals surface area contributed by atoms with E-state index < -0.39 is 4.92 Å². The summed E-state index contributed by atoms with van der Waals surface area (Å²) in [4.78, 5) is 22.9. The predicted octanol–water partition coefficient (Wildman–Crippen LogP) is 4.27. The van der Waals surface area contributed by atoms with Crippen LogP contribution >= 0.6 is 24.0 Å². The van der Waals surface area contributed by atoms with Gasteiger partial charge in [-0.15, -0.1) is 6.58 Å². The van der Waals surface area contributed by atoms with E-state index in [-0.39, 0.29) is 24.8 Å². The molecule has 0 spiro atoms. The van der Waals surface area contributed by atoms with Crippen molar-refractivity contribution in [2.45, 2.75) is 6.42 Å². The molecule has 0 aromatic heterocycles. The molecule has 2 aromatic carbocycles. The number of ether oxygens (including phenoxy) is 2. The molecule has 0 aliphatic carbocycles. The number of carbonyl (C=O) groups excluding carboxylic acids is 1. The van der Waals surface area contributed by atoms with Gasteiger partial charge in [-0.3, -0.25) is 14.9 Å². The minimum absolute atomic E-state index is 0.102. The van der Waals surface area contributed by atoms with Gasteiger partial charge in [0.25, 0.3) is 11.6 Å². The van der Waals surface area contributed by atoms with Gasteiger partial charge in [0, 0.05) is 17.7 Å². The van der Waals surface area contributed by atoms with E-state index in [2.05, 4.69) is 11.9 Å². The first-order valence-electron chi connectivity index (χ1n) is 8.95. The van der Waals surface area contributed by atoms with Gasteiger partial charge >= 0.3 is 0 Å². The minimum atomic E-state index is -0.502. The van der Waals surface area contributed by atoms with E-state index in [9.17, 15) is 14.9 Å². The van der Waals surface area contributed by atoms with Gasteiger partial charge in [-0.2, -0.15) is 0 Å². The Kier molecular flexibility index (Phi) is 7.21. The summed E-state index contributed by atoms with van der Waals surface area (Å²) < 4.78 is 11.9. The lowest BCUT2D eigenvalue weighted by Crippen LogP contribution is -2.17. The third-order valence-electron chi connectivity index (χ3n) is 4.07. The molecule has 154 valence electrons. The molecule has 2 aromatic rings. The maximum absolute atomic E-state index is 11.9. The van der Waals surface area contributed by atoms with Gasteiger partial charge in [-0.25, -0.2) is 0 Å². The van der Waals surface area contributed by atoms with Crippen LogP contribution in [-0.4, -0.2) is 28.4 Å². The SMILES string of the molecule is C=CCc1ccccc1OCCOc1ccc([N+](=O)[O-])cc1/C=C1/SC(=S)NC1=O. The third kappa shape index (κ3) is 5.46. The molecule has 0 unspecified atom stereocenters. The number of thioether (sulfide) groups is 1. The summed E-state index contributed by atoms with van der Waals surface area (Å²) in [7, 11) is 0. The van der Waals surface area contributed by atoms with Crippen LogP contribution in [0.15, 0.2) is 60.0 Å². The first kappa shape index (κ1) is 21.5. The summed E-state index contributed by atoms with van der Waals surface area (Å²) in [6.07, 6.45) is 4.03. The topological polar surface area (TPSA) is 90.7 Å². The largest absolute Gasteiger partial charge is 0.490 e. The van der Waals surface area contributed by atoms with Crippen LogP contribution in [0.2, 0.25) is 0 Å². The Hall–Kier alpha value is -3.17. The van der Waals surface area contributed by atoms with E-state index in [0.29, 0.717) is 27.0 Å². The molecule has 0 radical (unpaired) electrons. The molecule has 1 aliphatic rings. The number of nitro benzene ring substituents is 1. The Morgan fingerprint density at radius 1 is 1.17 bits per heavy atom. The lowest BCUT2D eigenvalue weighted by atomic mass is 10.1. The number of nitrogens with zero attached hydrogens (tertiary/aromatic N) is 1. The highest BCUT2D eigenvalue weighted by molar-refractivity contribution is 8.26. The number of nitro groups is 1. The molecular formula is C21H18N2O5S2. The molecule has 0 atom stereocenters. The fourth-order valence-electron chi connectivity index (χ4n) is 2.73. The van der Waals surface area contributed by atoms with Crippen LogP contribution in [0.3, 0.4) is 0 Å². The van der Waals surface area contributed by atoms with E-state index in [1.54, 1.807) is 6.08 Å². The molecule has 30 heavy (non-hydrogen) atoms. The number of allylic oxidation sites excluding steroid dienone is 1. The number of thiocarbonyl (C=S) groups is 1. The van der Waals surface area contributed by atoms with Crippen molar-refractivity contribution in [3.63, 3.8) is 0 Å². The highest BCUT2D eigenvalue weighted by atomic mass is 32.2. The van der Waals surface area contributed by atoms with Gasteiger partial charge in [0.15, 0.2) is 0 Å². The van der Waals surface area contributed by atoms with Crippen molar-refractivity contribution in [1.82, 2.24) is 5.32 Å². The number of nitrogens with one attached hydrogen (secondary N) is 1. The highest BCUT2D eigenvalue weighted by Crippen LogP contribution is 2.31. The number of amides is 1. The van der Waals surface area contributed by atoms with Crippen LogP contribution in [-0.2, 0) is 11.2 Å². The molecule has 1 heterocycles. The molecule has 1 amide bonds. The number of benzene rings is 2. The van der Waals surface area contributed by atoms with Crippen LogP contribution in [0.5, 0.6) is 11.5 Å². The van der Waals surface area contributed by atoms with Gasteiger partial charge in [0.1, 0.15) is 29.0 Å². The zero-order chi connectivity index (χ0) is 21.5. The quantitative estimate of drug-likeness (QED) is 0.155. The predicted molar refractivity (Wildman–Crippen MR) is 121 cm³/mol. The average Bonchev–Trinajstić information content (AvgIpc) is 3.04. The Morgan fingerprint density at radius 3 is 2.57 bits per heavy atom. The van der Waals surface area contributed by atoms with Crippen LogP contribution in [0.1, 0.15) is 11.1 Å². The molecule has 7 nitrogen and oxygen atoms in total. The van der Waals surface area contributed by atoms with Crippen molar-refractivity contribution in [2.24, 2.45) is 0 Å². The third-order valence-corrected chi connectivity index (χ3v) is 5.23. The number of non-ortho nitro benzene ring substituents is 1. The summed E-state index contributed by atoms with van der Waals surface area (Å²) >= 11 is 6.08. The van der Waals surface area contributed by atoms with Crippen LogP contribution in [0.4, 0.5) is 5.69 Å². The fourth-order valence-corrected chi connectivity index (χ4v) is 3.76. The number of hydrogen-bond donors (Lipinski definition) is 1. The molecule has 1 N–H and O–H groups in total. The molecule has 1 saturated heterocycles. The van der Waals surface area contributed by atoms with Gasteiger partial charge in [0.2, 0.25) is 0 Å². The normalized spacial score (nSPS) is 14.5.